The number of nitro benzene ring substituents is 1. The van der Waals surface area contributed by atoms with Crippen LogP contribution in [0.4, 0.5) is 10.5 Å². The average Bonchev–Trinajstić information content (AvgIpc) is 2.61. The summed E-state index contributed by atoms with van der Waals surface area (Å²) in [5, 5.41) is 15.4. The minimum absolute atomic E-state index is 0.0270. The molecule has 2 atom stereocenters. The van der Waals surface area contributed by atoms with Gasteiger partial charge in [0.2, 0.25) is 0 Å². The van der Waals surface area contributed by atoms with Gasteiger partial charge in [-0.3, -0.25) is 20.2 Å². The van der Waals surface area contributed by atoms with Gasteiger partial charge in [0.05, 0.1) is 10.5 Å². The van der Waals surface area contributed by atoms with E-state index >= 15 is 0 Å². The largest absolute Gasteiger partial charge is 0.452 e. The van der Waals surface area contributed by atoms with Crippen LogP contribution in [0.1, 0.15) is 43.0 Å². The van der Waals surface area contributed by atoms with Crippen molar-refractivity contribution in [2.24, 2.45) is 5.92 Å². The molecule has 0 radical (unpaired) electrons. The first kappa shape index (κ1) is 19.4. The van der Waals surface area contributed by atoms with E-state index in [0.29, 0.717) is 5.92 Å². The van der Waals surface area contributed by atoms with Crippen LogP contribution in [-0.2, 0) is 9.53 Å². The SMILES string of the molecule is C[C@@H]1CCCC[C@H]1NC(=O)NC(=O)COC(=O)c1ccc([N+](=O)[O-])cc1. The lowest BCUT2D eigenvalue weighted by molar-refractivity contribution is -0.384. The maximum atomic E-state index is 11.8. The summed E-state index contributed by atoms with van der Waals surface area (Å²) in [7, 11) is 0. The number of esters is 1. The minimum Gasteiger partial charge on any atom is -0.452 e. The number of rotatable bonds is 5. The van der Waals surface area contributed by atoms with E-state index in [0.717, 1.165) is 37.8 Å². The summed E-state index contributed by atoms with van der Waals surface area (Å²) in [4.78, 5) is 45.3. The molecule has 1 fully saturated rings. The van der Waals surface area contributed by atoms with Crippen molar-refractivity contribution < 1.29 is 24.0 Å². The summed E-state index contributed by atoms with van der Waals surface area (Å²) in [5.41, 5.74) is -0.0863. The Kier molecular flexibility index (Phi) is 6.65. The molecule has 2 rings (SSSR count). The number of imide groups is 1. The Bertz CT molecular complexity index is 688. The zero-order valence-electron chi connectivity index (χ0n) is 14.4. The first-order chi connectivity index (χ1) is 12.4. The lowest BCUT2D eigenvalue weighted by Crippen LogP contribution is -2.48. The molecule has 140 valence electrons. The highest BCUT2D eigenvalue weighted by Gasteiger charge is 2.23. The van der Waals surface area contributed by atoms with Crippen LogP contribution in [0.25, 0.3) is 0 Å². The van der Waals surface area contributed by atoms with E-state index in [2.05, 4.69) is 17.6 Å². The summed E-state index contributed by atoms with van der Waals surface area (Å²) >= 11 is 0. The normalized spacial score (nSPS) is 19.3. The summed E-state index contributed by atoms with van der Waals surface area (Å²) in [6.45, 7) is 1.43. The van der Waals surface area contributed by atoms with Crippen LogP contribution in [0.15, 0.2) is 24.3 Å². The number of hydrogen-bond donors (Lipinski definition) is 2. The van der Waals surface area contributed by atoms with Crippen molar-refractivity contribution in [1.29, 1.82) is 0 Å². The number of hydrogen-bond acceptors (Lipinski definition) is 6. The van der Waals surface area contributed by atoms with E-state index < -0.39 is 29.4 Å². The third kappa shape index (κ3) is 5.54. The molecule has 1 aromatic rings. The smallest absolute Gasteiger partial charge is 0.338 e. The van der Waals surface area contributed by atoms with Gasteiger partial charge in [0.25, 0.3) is 11.6 Å². The molecule has 1 saturated carbocycles. The van der Waals surface area contributed by atoms with Crippen LogP contribution in [0.2, 0.25) is 0 Å². The van der Waals surface area contributed by atoms with Gasteiger partial charge in [0, 0.05) is 18.2 Å². The number of nitro groups is 1. The van der Waals surface area contributed by atoms with Gasteiger partial charge in [-0.25, -0.2) is 9.59 Å². The molecule has 1 aliphatic carbocycles. The average molecular weight is 363 g/mol. The second-order valence-corrected chi connectivity index (χ2v) is 6.27. The van der Waals surface area contributed by atoms with E-state index in [1.807, 2.05) is 0 Å². The Morgan fingerprint density at radius 2 is 1.85 bits per heavy atom. The maximum Gasteiger partial charge on any atom is 0.338 e. The molecule has 1 aromatic carbocycles. The fourth-order valence-corrected chi connectivity index (χ4v) is 2.83. The van der Waals surface area contributed by atoms with Crippen molar-refractivity contribution in [3.05, 3.63) is 39.9 Å². The first-order valence-corrected chi connectivity index (χ1v) is 8.38. The van der Waals surface area contributed by atoms with E-state index in [4.69, 9.17) is 4.74 Å². The number of nitrogens with one attached hydrogen (secondary N) is 2. The van der Waals surface area contributed by atoms with E-state index in [1.54, 1.807) is 0 Å². The Morgan fingerprint density at radius 1 is 1.19 bits per heavy atom. The molecule has 0 aromatic heterocycles. The third-order valence-electron chi connectivity index (χ3n) is 4.33. The van der Waals surface area contributed by atoms with Gasteiger partial charge in [-0.1, -0.05) is 19.8 Å². The number of amides is 3. The molecule has 2 N–H and O–H groups in total. The molecule has 1 aliphatic rings. The number of ether oxygens (including phenoxy) is 1. The van der Waals surface area contributed by atoms with Crippen molar-refractivity contribution in [3.8, 4) is 0 Å². The monoisotopic (exact) mass is 363 g/mol. The molecule has 0 heterocycles. The van der Waals surface area contributed by atoms with Crippen LogP contribution >= 0.6 is 0 Å². The number of carbonyl (C=O) groups is 3. The molecule has 0 saturated heterocycles. The fraction of sp³-hybridized carbons (Fsp3) is 0.471. The lowest BCUT2D eigenvalue weighted by Gasteiger charge is -2.29. The van der Waals surface area contributed by atoms with E-state index in [-0.39, 0.29) is 17.3 Å². The number of benzene rings is 1. The number of urea groups is 1. The Labute approximate surface area is 150 Å². The highest BCUT2D eigenvalue weighted by Crippen LogP contribution is 2.23. The number of non-ortho nitro benzene ring substituents is 1. The number of nitrogens with zero attached hydrogens (tertiary/aromatic N) is 1. The van der Waals surface area contributed by atoms with Crippen LogP contribution in [0.5, 0.6) is 0 Å². The van der Waals surface area contributed by atoms with E-state index in [1.165, 1.54) is 12.1 Å². The highest BCUT2D eigenvalue weighted by molar-refractivity contribution is 5.97. The predicted molar refractivity (Wildman–Crippen MR) is 91.5 cm³/mol. The van der Waals surface area contributed by atoms with Crippen LogP contribution in [0.3, 0.4) is 0 Å². The second-order valence-electron chi connectivity index (χ2n) is 6.27. The molecule has 26 heavy (non-hydrogen) atoms. The van der Waals surface area contributed by atoms with Crippen LogP contribution < -0.4 is 10.6 Å². The van der Waals surface area contributed by atoms with Gasteiger partial charge in [0.15, 0.2) is 6.61 Å². The van der Waals surface area contributed by atoms with Crippen LogP contribution in [0, 0.1) is 16.0 Å². The standard InChI is InChI=1S/C17H21N3O6/c1-11-4-2-3-5-14(11)18-17(23)19-15(21)10-26-16(22)12-6-8-13(9-7-12)20(24)25/h6-9,11,14H,2-5,10H2,1H3,(H2,18,19,21,23)/t11-,14-/m1/s1. The molecule has 9 nitrogen and oxygen atoms in total. The highest BCUT2D eigenvalue weighted by atomic mass is 16.6. The van der Waals surface area contributed by atoms with Gasteiger partial charge in [-0.05, 0) is 30.9 Å². The van der Waals surface area contributed by atoms with Crippen molar-refractivity contribution in [3.63, 3.8) is 0 Å². The third-order valence-corrected chi connectivity index (χ3v) is 4.33. The molecular weight excluding hydrogens is 342 g/mol. The molecule has 9 heteroatoms. The maximum absolute atomic E-state index is 11.8. The van der Waals surface area contributed by atoms with Gasteiger partial charge in [-0.15, -0.1) is 0 Å². The minimum atomic E-state index is -0.809. The van der Waals surface area contributed by atoms with Crippen molar-refractivity contribution in [2.75, 3.05) is 6.61 Å². The van der Waals surface area contributed by atoms with Gasteiger partial charge in [0.1, 0.15) is 0 Å². The number of carbonyl (C=O) groups excluding carboxylic acids is 3. The quantitative estimate of drug-likeness (QED) is 0.469. The van der Waals surface area contributed by atoms with Gasteiger partial charge < -0.3 is 10.1 Å². The lowest BCUT2D eigenvalue weighted by atomic mass is 9.86. The van der Waals surface area contributed by atoms with Crippen molar-refractivity contribution >= 4 is 23.6 Å². The Balaban J connectivity index is 1.76. The van der Waals surface area contributed by atoms with E-state index in [9.17, 15) is 24.5 Å². The fourth-order valence-electron chi connectivity index (χ4n) is 2.83. The van der Waals surface area contributed by atoms with Crippen LogP contribution in [-0.4, -0.2) is 35.5 Å². The first-order valence-electron chi connectivity index (χ1n) is 8.38. The van der Waals surface area contributed by atoms with Gasteiger partial charge >= 0.3 is 12.0 Å². The summed E-state index contributed by atoms with van der Waals surface area (Å²) in [6.07, 6.45) is 4.08. The summed E-state index contributed by atoms with van der Waals surface area (Å²) < 4.78 is 4.80. The van der Waals surface area contributed by atoms with Gasteiger partial charge in [-0.2, -0.15) is 0 Å². The predicted octanol–water partition coefficient (Wildman–Crippen LogP) is 2.16. The zero-order chi connectivity index (χ0) is 19.1. The molecule has 0 unspecified atom stereocenters. The Morgan fingerprint density at radius 3 is 2.46 bits per heavy atom. The topological polar surface area (TPSA) is 128 Å². The molecule has 0 bridgehead atoms. The van der Waals surface area contributed by atoms with Crippen molar-refractivity contribution in [2.45, 2.75) is 38.6 Å². The molecule has 0 spiro atoms. The summed E-state index contributed by atoms with van der Waals surface area (Å²) in [6, 6.07) is 4.20. The van der Waals surface area contributed by atoms with Crippen molar-refractivity contribution in [1.82, 2.24) is 10.6 Å². The second kappa shape index (κ2) is 8.93. The zero-order valence-corrected chi connectivity index (χ0v) is 14.4. The molecule has 0 aliphatic heterocycles. The molecular formula is C17H21N3O6. The molecule has 3 amide bonds. The Hall–Kier alpha value is -2.97. The summed E-state index contributed by atoms with van der Waals surface area (Å²) in [5.74, 6) is -1.21.